The summed E-state index contributed by atoms with van der Waals surface area (Å²) in [6.45, 7) is 2.37. The van der Waals surface area contributed by atoms with E-state index in [0.717, 1.165) is 17.8 Å². The first-order valence-electron chi connectivity index (χ1n) is 6.17. The van der Waals surface area contributed by atoms with Crippen LogP contribution >= 0.6 is 11.8 Å². The van der Waals surface area contributed by atoms with Gasteiger partial charge in [0, 0.05) is 0 Å². The molecule has 1 aliphatic carbocycles. The Morgan fingerprint density at radius 2 is 1.88 bits per heavy atom. The molecule has 4 atom stereocenters. The van der Waals surface area contributed by atoms with Crippen LogP contribution in [-0.2, 0) is 0 Å². The monoisotopic (exact) mass is 230 g/mol. The van der Waals surface area contributed by atoms with Gasteiger partial charge in [0.15, 0.2) is 0 Å². The van der Waals surface area contributed by atoms with E-state index >= 15 is 0 Å². The summed E-state index contributed by atoms with van der Waals surface area (Å²) in [5.74, 6) is 5.81. The van der Waals surface area contributed by atoms with Gasteiger partial charge in [-0.2, -0.15) is 11.8 Å². The van der Waals surface area contributed by atoms with Gasteiger partial charge in [-0.1, -0.05) is 49.4 Å². The predicted molar refractivity (Wildman–Crippen MR) is 71.8 cm³/mol. The lowest BCUT2D eigenvalue weighted by molar-refractivity contribution is 0.326. The fourth-order valence-corrected chi connectivity index (χ4v) is 4.70. The molecule has 1 heterocycles. The summed E-state index contributed by atoms with van der Waals surface area (Å²) in [6.07, 6.45) is 4.90. The molecule has 1 aliphatic heterocycles. The highest BCUT2D eigenvalue weighted by atomic mass is 32.2. The van der Waals surface area contributed by atoms with E-state index < -0.39 is 0 Å². The van der Waals surface area contributed by atoms with Gasteiger partial charge >= 0.3 is 0 Å². The topological polar surface area (TPSA) is 0 Å². The van der Waals surface area contributed by atoms with Gasteiger partial charge in [-0.05, 0) is 40.7 Å². The van der Waals surface area contributed by atoms with Crippen molar-refractivity contribution in [2.45, 2.75) is 12.8 Å². The molecule has 0 unspecified atom stereocenters. The van der Waals surface area contributed by atoms with E-state index in [0.29, 0.717) is 5.92 Å². The molecule has 3 rings (SSSR count). The van der Waals surface area contributed by atoms with Crippen LogP contribution in [0.25, 0.3) is 0 Å². The molecule has 0 nitrogen and oxygen atoms in total. The molecule has 0 N–H and O–H groups in total. The van der Waals surface area contributed by atoms with Crippen LogP contribution < -0.4 is 0 Å². The quantitative estimate of drug-likeness (QED) is 0.658. The fourth-order valence-electron chi connectivity index (χ4n) is 3.21. The van der Waals surface area contributed by atoms with Crippen LogP contribution in [0.1, 0.15) is 18.4 Å². The first-order chi connectivity index (χ1) is 7.86. The molecule has 1 heteroatoms. The summed E-state index contributed by atoms with van der Waals surface area (Å²) in [7, 11) is 0. The molecule has 0 saturated carbocycles. The van der Waals surface area contributed by atoms with Crippen molar-refractivity contribution in [1.29, 1.82) is 0 Å². The van der Waals surface area contributed by atoms with Crippen LogP contribution in [0.5, 0.6) is 0 Å². The van der Waals surface area contributed by atoms with Crippen LogP contribution in [0.3, 0.4) is 0 Å². The number of hydrogen-bond donors (Lipinski definition) is 0. The average Bonchev–Trinajstić information content (AvgIpc) is 2.78. The maximum Gasteiger partial charge on any atom is -0.000116 e. The maximum atomic E-state index is 2.47. The zero-order chi connectivity index (χ0) is 11.0. The number of thioether (sulfide) groups is 1. The van der Waals surface area contributed by atoms with Gasteiger partial charge in [0.2, 0.25) is 0 Å². The van der Waals surface area contributed by atoms with Crippen LogP contribution in [0.4, 0.5) is 0 Å². The summed E-state index contributed by atoms with van der Waals surface area (Å²) in [5.41, 5.74) is 1.54. The van der Waals surface area contributed by atoms with Crippen molar-refractivity contribution in [3.63, 3.8) is 0 Å². The Morgan fingerprint density at radius 3 is 2.69 bits per heavy atom. The molecule has 1 aromatic rings. The number of rotatable bonds is 1. The molecule has 1 saturated heterocycles. The van der Waals surface area contributed by atoms with Crippen LogP contribution in [0.15, 0.2) is 42.5 Å². The second-order valence-electron chi connectivity index (χ2n) is 5.05. The highest BCUT2D eigenvalue weighted by Crippen LogP contribution is 2.47. The van der Waals surface area contributed by atoms with Gasteiger partial charge in [0.25, 0.3) is 0 Å². The lowest BCUT2D eigenvalue weighted by Gasteiger charge is -2.34. The second-order valence-corrected chi connectivity index (χ2v) is 6.12. The number of hydrogen-bond acceptors (Lipinski definition) is 1. The van der Waals surface area contributed by atoms with Gasteiger partial charge in [-0.3, -0.25) is 0 Å². The van der Waals surface area contributed by atoms with Crippen molar-refractivity contribution >= 4 is 11.8 Å². The van der Waals surface area contributed by atoms with E-state index in [1.54, 1.807) is 0 Å². The van der Waals surface area contributed by atoms with E-state index in [1.807, 2.05) is 0 Å². The van der Waals surface area contributed by atoms with E-state index in [2.05, 4.69) is 61.2 Å². The van der Waals surface area contributed by atoms with Crippen molar-refractivity contribution in [2.75, 3.05) is 11.5 Å². The van der Waals surface area contributed by atoms with Crippen molar-refractivity contribution in [1.82, 2.24) is 0 Å². The van der Waals surface area contributed by atoms with Crippen molar-refractivity contribution in [3.05, 3.63) is 48.0 Å². The summed E-state index contributed by atoms with van der Waals surface area (Å²) in [4.78, 5) is 0. The Morgan fingerprint density at radius 1 is 1.06 bits per heavy atom. The molecule has 0 aromatic heterocycles. The smallest absolute Gasteiger partial charge is 0.000116 e. The Bertz CT molecular complexity index is 382. The lowest BCUT2D eigenvalue weighted by atomic mass is 9.69. The Kier molecular flexibility index (Phi) is 2.81. The van der Waals surface area contributed by atoms with Crippen molar-refractivity contribution in [2.24, 2.45) is 17.8 Å². The summed E-state index contributed by atoms with van der Waals surface area (Å²) < 4.78 is 0. The molecular weight excluding hydrogens is 212 g/mol. The minimum atomic E-state index is 0.697. The van der Waals surface area contributed by atoms with E-state index in [-0.39, 0.29) is 0 Å². The molecule has 84 valence electrons. The third-order valence-corrected chi connectivity index (χ3v) is 5.29. The fraction of sp³-hybridized carbons (Fsp3) is 0.467. The molecule has 1 aromatic carbocycles. The Hall–Kier alpha value is -0.690. The SMILES string of the molecule is C[C@@H]1C=C[C@@H]2CSC[C@H]2[C@@H]1c1ccccc1. The lowest BCUT2D eigenvalue weighted by Crippen LogP contribution is -2.27. The van der Waals surface area contributed by atoms with Crippen molar-refractivity contribution in [3.8, 4) is 0 Å². The van der Waals surface area contributed by atoms with Gasteiger partial charge in [0.05, 0.1) is 0 Å². The number of fused-ring (bicyclic) bond motifs is 1. The summed E-state index contributed by atoms with van der Waals surface area (Å²) in [6, 6.07) is 11.1. The van der Waals surface area contributed by atoms with Crippen molar-refractivity contribution < 1.29 is 0 Å². The summed E-state index contributed by atoms with van der Waals surface area (Å²) >= 11 is 2.13. The van der Waals surface area contributed by atoms with E-state index in [9.17, 15) is 0 Å². The summed E-state index contributed by atoms with van der Waals surface area (Å²) in [5, 5.41) is 0. The highest BCUT2D eigenvalue weighted by molar-refractivity contribution is 7.99. The Labute approximate surface area is 102 Å². The number of benzene rings is 1. The van der Waals surface area contributed by atoms with Crippen LogP contribution in [-0.4, -0.2) is 11.5 Å². The molecular formula is C15H18S. The maximum absolute atomic E-state index is 2.47. The van der Waals surface area contributed by atoms with Crippen LogP contribution in [0, 0.1) is 17.8 Å². The van der Waals surface area contributed by atoms with Crippen LogP contribution in [0.2, 0.25) is 0 Å². The van der Waals surface area contributed by atoms with E-state index in [1.165, 1.54) is 17.1 Å². The van der Waals surface area contributed by atoms with Gasteiger partial charge in [-0.15, -0.1) is 0 Å². The highest BCUT2D eigenvalue weighted by Gasteiger charge is 2.38. The molecule has 0 amide bonds. The molecule has 0 radical (unpaired) electrons. The second kappa shape index (κ2) is 4.29. The van der Waals surface area contributed by atoms with E-state index in [4.69, 9.17) is 0 Å². The largest absolute Gasteiger partial charge is 0.161 e. The average molecular weight is 230 g/mol. The minimum Gasteiger partial charge on any atom is -0.161 e. The normalized spacial score (nSPS) is 37.3. The number of allylic oxidation sites excluding steroid dienone is 2. The Balaban J connectivity index is 1.96. The molecule has 0 spiro atoms. The van der Waals surface area contributed by atoms with Gasteiger partial charge in [0.1, 0.15) is 0 Å². The first-order valence-corrected chi connectivity index (χ1v) is 7.33. The molecule has 16 heavy (non-hydrogen) atoms. The minimum absolute atomic E-state index is 0.697. The standard InChI is InChI=1S/C15H18S/c1-11-7-8-13-9-16-10-14(13)15(11)12-5-3-2-4-6-12/h2-8,11,13-15H,9-10H2,1H3/t11-,13-,14-,15+/m1/s1. The zero-order valence-corrected chi connectivity index (χ0v) is 10.5. The molecule has 0 bridgehead atoms. The zero-order valence-electron chi connectivity index (χ0n) is 9.67. The molecule has 1 fully saturated rings. The predicted octanol–water partition coefficient (Wildman–Crippen LogP) is 3.96. The third-order valence-electron chi connectivity index (χ3n) is 4.04. The van der Waals surface area contributed by atoms with Gasteiger partial charge < -0.3 is 0 Å². The first kappa shape index (κ1) is 10.5. The van der Waals surface area contributed by atoms with Gasteiger partial charge in [-0.25, -0.2) is 0 Å². The third kappa shape index (κ3) is 1.71. The molecule has 2 aliphatic rings.